The number of anilines is 5. The second-order valence-corrected chi connectivity index (χ2v) is 10.4. The predicted octanol–water partition coefficient (Wildman–Crippen LogP) is 3.96. The van der Waals surface area contributed by atoms with Gasteiger partial charge in [0, 0.05) is 74.3 Å². The zero-order valence-corrected chi connectivity index (χ0v) is 23.2. The zero-order valence-electron chi connectivity index (χ0n) is 23.2. The minimum absolute atomic E-state index is 0.207. The van der Waals surface area contributed by atoms with E-state index in [1.54, 1.807) is 18.9 Å². The van der Waals surface area contributed by atoms with Gasteiger partial charge in [0.15, 0.2) is 17.0 Å². The van der Waals surface area contributed by atoms with Crippen LogP contribution in [0.4, 0.5) is 28.8 Å². The molecule has 214 valence electrons. The van der Waals surface area contributed by atoms with Crippen LogP contribution in [0.25, 0.3) is 16.9 Å². The van der Waals surface area contributed by atoms with Crippen molar-refractivity contribution in [2.75, 3.05) is 54.9 Å². The number of imidazole rings is 2. The number of amides is 1. The van der Waals surface area contributed by atoms with Gasteiger partial charge in [-0.3, -0.25) is 4.79 Å². The Morgan fingerprint density at radius 3 is 2.31 bits per heavy atom. The van der Waals surface area contributed by atoms with Gasteiger partial charge in [-0.05, 0) is 55.0 Å². The van der Waals surface area contributed by atoms with Crippen LogP contribution in [-0.4, -0.2) is 79.3 Å². The van der Waals surface area contributed by atoms with Crippen LogP contribution < -0.4 is 15.5 Å². The van der Waals surface area contributed by atoms with Gasteiger partial charge in [-0.2, -0.15) is 9.97 Å². The lowest BCUT2D eigenvalue weighted by molar-refractivity contribution is -0.127. The molecule has 0 spiro atoms. The number of morpholine rings is 1. The summed E-state index contributed by atoms with van der Waals surface area (Å²) in [6.07, 6.45) is 8.74. The van der Waals surface area contributed by atoms with Crippen molar-refractivity contribution in [3.63, 3.8) is 0 Å². The molecular weight excluding hydrogens is 532 g/mol. The maximum Gasteiger partial charge on any atom is 0.231 e. The van der Waals surface area contributed by atoms with E-state index in [9.17, 15) is 4.79 Å². The molecule has 5 aromatic rings. The fourth-order valence-corrected chi connectivity index (χ4v) is 5.39. The molecule has 1 amide bonds. The first-order chi connectivity index (χ1) is 20.7. The number of benzene rings is 2. The minimum Gasteiger partial charge on any atom is -0.378 e. The maximum atomic E-state index is 12.2. The highest BCUT2D eigenvalue weighted by atomic mass is 16.5. The summed E-state index contributed by atoms with van der Waals surface area (Å²) in [6, 6.07) is 16.3. The molecule has 0 aliphatic carbocycles. The standard InChI is InChI=1S/C30H32N10O2/c41-26-2-1-12-38(26)14-15-40-21-32-27-28(33-22-3-7-24(8-4-22)37-16-18-42-19-17-37)35-30(36-29(27)40)34-23-5-9-25(10-6-23)39-13-11-31-20-39/h3-11,13,20-21H,1-2,12,14-19H2,(H2,33,34,35,36). The fourth-order valence-electron chi connectivity index (χ4n) is 5.39. The summed E-state index contributed by atoms with van der Waals surface area (Å²) in [5.74, 6) is 1.26. The Morgan fingerprint density at radius 2 is 1.60 bits per heavy atom. The van der Waals surface area contributed by atoms with Crippen LogP contribution in [0.5, 0.6) is 0 Å². The van der Waals surface area contributed by atoms with E-state index < -0.39 is 0 Å². The third kappa shape index (κ3) is 5.48. The van der Waals surface area contributed by atoms with Gasteiger partial charge in [-0.25, -0.2) is 9.97 Å². The van der Waals surface area contributed by atoms with Gasteiger partial charge >= 0.3 is 0 Å². The molecule has 2 aromatic carbocycles. The summed E-state index contributed by atoms with van der Waals surface area (Å²) in [7, 11) is 0. The first-order valence-corrected chi connectivity index (χ1v) is 14.3. The lowest BCUT2D eigenvalue weighted by Gasteiger charge is -2.28. The van der Waals surface area contributed by atoms with Gasteiger partial charge in [0.25, 0.3) is 0 Å². The predicted molar refractivity (Wildman–Crippen MR) is 161 cm³/mol. The van der Waals surface area contributed by atoms with Crippen molar-refractivity contribution in [1.82, 2.24) is 34.0 Å². The molecule has 7 rings (SSSR count). The molecule has 12 heteroatoms. The van der Waals surface area contributed by atoms with Gasteiger partial charge in [0.2, 0.25) is 11.9 Å². The number of rotatable bonds is 9. The van der Waals surface area contributed by atoms with E-state index >= 15 is 0 Å². The highest BCUT2D eigenvalue weighted by Gasteiger charge is 2.21. The molecule has 2 aliphatic rings. The number of likely N-dealkylation sites (tertiary alicyclic amines) is 1. The lowest BCUT2D eigenvalue weighted by Crippen LogP contribution is -2.36. The minimum atomic E-state index is 0.207. The number of aromatic nitrogens is 6. The van der Waals surface area contributed by atoms with E-state index in [-0.39, 0.29) is 5.91 Å². The van der Waals surface area contributed by atoms with Crippen molar-refractivity contribution in [3.05, 3.63) is 73.6 Å². The Kier molecular flexibility index (Phi) is 7.10. The molecule has 2 saturated heterocycles. The zero-order chi connectivity index (χ0) is 28.3. The van der Waals surface area contributed by atoms with Crippen LogP contribution in [0, 0.1) is 0 Å². The van der Waals surface area contributed by atoms with Crippen LogP contribution in [-0.2, 0) is 16.1 Å². The molecule has 12 nitrogen and oxygen atoms in total. The second kappa shape index (κ2) is 11.5. The number of carbonyl (C=O) groups is 1. The van der Waals surface area contributed by atoms with E-state index in [2.05, 4.69) is 49.8 Å². The van der Waals surface area contributed by atoms with E-state index in [1.807, 2.05) is 44.5 Å². The summed E-state index contributed by atoms with van der Waals surface area (Å²) in [4.78, 5) is 34.9. The number of ether oxygens (including phenoxy) is 1. The summed E-state index contributed by atoms with van der Waals surface area (Å²) >= 11 is 0. The molecule has 3 aromatic heterocycles. The molecule has 0 saturated carbocycles. The van der Waals surface area contributed by atoms with Gasteiger partial charge in [0.1, 0.15) is 0 Å². The molecule has 2 aliphatic heterocycles. The third-order valence-electron chi connectivity index (χ3n) is 7.68. The van der Waals surface area contributed by atoms with E-state index in [0.29, 0.717) is 42.4 Å². The van der Waals surface area contributed by atoms with Crippen molar-refractivity contribution in [2.45, 2.75) is 19.4 Å². The van der Waals surface area contributed by atoms with Crippen LogP contribution in [0.3, 0.4) is 0 Å². The monoisotopic (exact) mass is 564 g/mol. The number of nitrogens with one attached hydrogen (secondary N) is 2. The Balaban J connectivity index is 1.17. The molecule has 2 fully saturated rings. The summed E-state index contributed by atoms with van der Waals surface area (Å²) in [5.41, 5.74) is 5.29. The van der Waals surface area contributed by atoms with Gasteiger partial charge in [0.05, 0.1) is 25.9 Å². The lowest BCUT2D eigenvalue weighted by atomic mass is 10.2. The number of fused-ring (bicyclic) bond motifs is 1. The smallest absolute Gasteiger partial charge is 0.231 e. The number of nitrogens with zero attached hydrogens (tertiary/aromatic N) is 8. The highest BCUT2D eigenvalue weighted by molar-refractivity contribution is 5.87. The number of hydrogen-bond acceptors (Lipinski definition) is 9. The summed E-state index contributed by atoms with van der Waals surface area (Å²) < 4.78 is 9.42. The van der Waals surface area contributed by atoms with Gasteiger partial charge < -0.3 is 34.3 Å². The van der Waals surface area contributed by atoms with Gasteiger partial charge in [-0.1, -0.05) is 0 Å². The molecule has 0 bridgehead atoms. The molecular formula is C30H32N10O2. The van der Waals surface area contributed by atoms with Crippen molar-refractivity contribution in [3.8, 4) is 5.69 Å². The molecule has 5 heterocycles. The van der Waals surface area contributed by atoms with E-state index in [4.69, 9.17) is 14.7 Å². The average molecular weight is 565 g/mol. The van der Waals surface area contributed by atoms with Crippen LogP contribution in [0.15, 0.2) is 73.6 Å². The van der Waals surface area contributed by atoms with Crippen LogP contribution in [0.1, 0.15) is 12.8 Å². The van der Waals surface area contributed by atoms with Crippen molar-refractivity contribution in [1.29, 1.82) is 0 Å². The Morgan fingerprint density at radius 1 is 0.833 bits per heavy atom. The fraction of sp³-hybridized carbons (Fsp3) is 0.300. The Hall–Kier alpha value is -4.97. The molecule has 2 N–H and O–H groups in total. The molecule has 0 atom stereocenters. The largest absolute Gasteiger partial charge is 0.378 e. The number of carbonyl (C=O) groups excluding carboxylic acids is 1. The van der Waals surface area contributed by atoms with Crippen molar-refractivity contribution in [2.24, 2.45) is 0 Å². The SMILES string of the molecule is O=C1CCCN1CCn1cnc2c(Nc3ccc(N4CCOCC4)cc3)nc(Nc3ccc(-n4ccnc4)cc3)nc21. The van der Waals surface area contributed by atoms with Crippen LogP contribution in [0.2, 0.25) is 0 Å². The van der Waals surface area contributed by atoms with Crippen molar-refractivity contribution < 1.29 is 9.53 Å². The van der Waals surface area contributed by atoms with E-state index in [0.717, 1.165) is 56.3 Å². The van der Waals surface area contributed by atoms with Gasteiger partial charge in [-0.15, -0.1) is 0 Å². The topological polar surface area (TPSA) is 118 Å². The quantitative estimate of drug-likeness (QED) is 0.274. The summed E-state index contributed by atoms with van der Waals surface area (Å²) in [5, 5.41) is 6.82. The first kappa shape index (κ1) is 26.0. The Labute approximate surface area is 243 Å². The summed E-state index contributed by atoms with van der Waals surface area (Å²) in [6.45, 7) is 5.29. The highest BCUT2D eigenvalue weighted by Crippen LogP contribution is 2.28. The molecule has 0 radical (unpaired) electrons. The first-order valence-electron chi connectivity index (χ1n) is 14.3. The maximum absolute atomic E-state index is 12.2. The van der Waals surface area contributed by atoms with Crippen molar-refractivity contribution >= 4 is 45.9 Å². The molecule has 42 heavy (non-hydrogen) atoms. The molecule has 0 unspecified atom stereocenters. The second-order valence-electron chi connectivity index (χ2n) is 10.4. The third-order valence-corrected chi connectivity index (χ3v) is 7.68. The average Bonchev–Trinajstić information content (AvgIpc) is 3.80. The Bertz CT molecular complexity index is 1660. The number of hydrogen-bond donors (Lipinski definition) is 2. The van der Waals surface area contributed by atoms with Crippen LogP contribution >= 0.6 is 0 Å². The normalized spacial score (nSPS) is 15.5. The van der Waals surface area contributed by atoms with E-state index in [1.165, 1.54) is 5.69 Å².